The number of halogens is 2. The van der Waals surface area contributed by atoms with Gasteiger partial charge in [-0.3, -0.25) is 4.57 Å². The Labute approximate surface area is 128 Å². The third-order valence-corrected chi connectivity index (χ3v) is 4.04. The van der Waals surface area contributed by atoms with Crippen molar-refractivity contribution in [2.45, 2.75) is 18.8 Å². The molecule has 3 aromatic rings. The normalized spacial score (nSPS) is 12.9. The summed E-state index contributed by atoms with van der Waals surface area (Å²) in [5.74, 6) is 0.279. The van der Waals surface area contributed by atoms with Crippen LogP contribution < -0.4 is 5.76 Å². The number of furan rings is 1. The van der Waals surface area contributed by atoms with Crippen molar-refractivity contribution in [3.8, 4) is 0 Å². The third-order valence-electron chi connectivity index (χ3n) is 3.14. The molecule has 0 fully saturated rings. The van der Waals surface area contributed by atoms with Crippen molar-refractivity contribution < 1.29 is 8.83 Å². The monoisotopic (exact) mass is 355 g/mol. The lowest BCUT2D eigenvalue weighted by molar-refractivity contribution is 0.493. The number of hydrogen-bond donors (Lipinski definition) is 0. The van der Waals surface area contributed by atoms with E-state index in [-0.39, 0.29) is 5.76 Å². The number of benzene rings is 1. The van der Waals surface area contributed by atoms with Gasteiger partial charge in [-0.25, -0.2) is 4.79 Å². The molecule has 0 bridgehead atoms. The summed E-state index contributed by atoms with van der Waals surface area (Å²) in [5.41, 5.74) is 2.12. The predicted molar refractivity (Wildman–Crippen MR) is 80.3 cm³/mol. The second kappa shape index (κ2) is 5.14. The van der Waals surface area contributed by atoms with Gasteiger partial charge in [-0.15, -0.1) is 11.6 Å². The van der Waals surface area contributed by atoms with Crippen LogP contribution in [-0.2, 0) is 6.54 Å². The summed E-state index contributed by atoms with van der Waals surface area (Å²) in [5, 5.41) is -0.430. The molecule has 0 N–H and O–H groups in total. The molecule has 0 saturated carbocycles. The first-order chi connectivity index (χ1) is 9.60. The van der Waals surface area contributed by atoms with Crippen molar-refractivity contribution in [1.29, 1.82) is 0 Å². The number of nitrogens with zero attached hydrogens (tertiary/aromatic N) is 1. The van der Waals surface area contributed by atoms with Crippen molar-refractivity contribution in [2.24, 2.45) is 0 Å². The lowest BCUT2D eigenvalue weighted by Gasteiger charge is -2.06. The fourth-order valence-corrected chi connectivity index (χ4v) is 2.74. The highest BCUT2D eigenvalue weighted by Gasteiger charge is 2.17. The molecule has 1 atom stereocenters. The Bertz CT molecular complexity index is 817. The summed E-state index contributed by atoms with van der Waals surface area (Å²) in [6, 6.07) is 9.08. The molecule has 3 rings (SSSR count). The van der Waals surface area contributed by atoms with Crippen molar-refractivity contribution in [2.75, 3.05) is 0 Å². The molecule has 0 aliphatic carbocycles. The number of hydrogen-bond acceptors (Lipinski definition) is 3. The van der Waals surface area contributed by atoms with Gasteiger partial charge in [0, 0.05) is 6.54 Å². The standard InChI is InChI=1S/C14H11BrClNO3/c1-2-17-9-4-3-8(7-11(9)20-14(17)18)13(16)10-5-6-12(15)19-10/h3-7,13H,2H2,1H3. The van der Waals surface area contributed by atoms with E-state index in [1.54, 1.807) is 22.8 Å². The summed E-state index contributed by atoms with van der Waals surface area (Å²) in [6.45, 7) is 2.47. The molecule has 2 aromatic heterocycles. The zero-order valence-corrected chi connectivity index (χ0v) is 12.9. The predicted octanol–water partition coefficient (Wildman–Crippen LogP) is 4.30. The van der Waals surface area contributed by atoms with Gasteiger partial charge in [-0.2, -0.15) is 0 Å². The number of alkyl halides is 1. The number of rotatable bonds is 3. The fourth-order valence-electron chi connectivity index (χ4n) is 2.17. The first kappa shape index (κ1) is 13.5. The maximum atomic E-state index is 11.7. The fraction of sp³-hybridized carbons (Fsp3) is 0.214. The van der Waals surface area contributed by atoms with E-state index in [4.69, 9.17) is 20.4 Å². The molecule has 104 valence electrons. The Balaban J connectivity index is 2.07. The summed E-state index contributed by atoms with van der Waals surface area (Å²) in [7, 11) is 0. The SMILES string of the molecule is CCn1c(=O)oc2cc(C(Cl)c3ccc(Br)o3)ccc21. The van der Waals surface area contributed by atoms with Gasteiger partial charge in [0.15, 0.2) is 10.3 Å². The van der Waals surface area contributed by atoms with E-state index >= 15 is 0 Å². The van der Waals surface area contributed by atoms with Crippen LogP contribution >= 0.6 is 27.5 Å². The Morgan fingerprint density at radius 1 is 1.30 bits per heavy atom. The number of oxazole rings is 1. The number of aromatic nitrogens is 1. The average Bonchev–Trinajstić information content (AvgIpc) is 2.99. The Morgan fingerprint density at radius 3 is 2.75 bits per heavy atom. The third kappa shape index (κ3) is 2.21. The van der Waals surface area contributed by atoms with Crippen LogP contribution in [0.1, 0.15) is 23.6 Å². The topological polar surface area (TPSA) is 48.3 Å². The molecule has 6 heteroatoms. The zero-order valence-electron chi connectivity index (χ0n) is 10.6. The largest absolute Gasteiger partial charge is 0.452 e. The van der Waals surface area contributed by atoms with Crippen molar-refractivity contribution in [3.05, 3.63) is 56.9 Å². The van der Waals surface area contributed by atoms with Gasteiger partial charge in [0.1, 0.15) is 11.1 Å². The van der Waals surface area contributed by atoms with E-state index in [0.717, 1.165) is 11.1 Å². The Kier molecular flexibility index (Phi) is 3.48. The summed E-state index contributed by atoms with van der Waals surface area (Å²) < 4.78 is 12.9. The molecule has 4 nitrogen and oxygen atoms in total. The average molecular weight is 357 g/mol. The van der Waals surface area contributed by atoms with Crippen LogP contribution in [0.5, 0.6) is 0 Å². The molecule has 1 aromatic carbocycles. The molecule has 0 amide bonds. The van der Waals surface area contributed by atoms with Gasteiger partial charge >= 0.3 is 5.76 Å². The van der Waals surface area contributed by atoms with E-state index in [9.17, 15) is 4.79 Å². The van der Waals surface area contributed by atoms with Gasteiger partial charge < -0.3 is 8.83 Å². The van der Waals surface area contributed by atoms with E-state index in [0.29, 0.717) is 22.6 Å². The maximum absolute atomic E-state index is 11.7. The molecule has 0 radical (unpaired) electrons. The molecule has 1 unspecified atom stereocenters. The van der Waals surface area contributed by atoms with Gasteiger partial charge in [-0.05, 0) is 52.7 Å². The van der Waals surface area contributed by atoms with Crippen LogP contribution in [0.25, 0.3) is 11.1 Å². The minimum atomic E-state index is -0.430. The lowest BCUT2D eigenvalue weighted by atomic mass is 10.1. The molecule has 0 saturated heterocycles. The molecule has 0 spiro atoms. The number of fused-ring (bicyclic) bond motifs is 1. The van der Waals surface area contributed by atoms with Crippen LogP contribution in [0, 0.1) is 0 Å². The molecule has 2 heterocycles. The smallest absolute Gasteiger partial charge is 0.419 e. The molecule has 0 aliphatic heterocycles. The van der Waals surface area contributed by atoms with Crippen molar-refractivity contribution in [3.63, 3.8) is 0 Å². The minimum Gasteiger partial charge on any atom is -0.452 e. The highest BCUT2D eigenvalue weighted by atomic mass is 79.9. The molecule has 20 heavy (non-hydrogen) atoms. The van der Waals surface area contributed by atoms with Crippen molar-refractivity contribution >= 4 is 38.6 Å². The van der Waals surface area contributed by atoms with Crippen LogP contribution in [0.3, 0.4) is 0 Å². The van der Waals surface area contributed by atoms with Gasteiger partial charge in [-0.1, -0.05) is 6.07 Å². The highest BCUT2D eigenvalue weighted by molar-refractivity contribution is 9.10. The molecule has 0 aliphatic rings. The van der Waals surface area contributed by atoms with Gasteiger partial charge in [0.05, 0.1) is 5.52 Å². The zero-order chi connectivity index (χ0) is 14.3. The Morgan fingerprint density at radius 2 is 2.10 bits per heavy atom. The van der Waals surface area contributed by atoms with Crippen LogP contribution in [0.4, 0.5) is 0 Å². The maximum Gasteiger partial charge on any atom is 0.419 e. The lowest BCUT2D eigenvalue weighted by Crippen LogP contribution is -2.11. The quantitative estimate of drug-likeness (QED) is 0.657. The second-order valence-electron chi connectivity index (χ2n) is 4.34. The van der Waals surface area contributed by atoms with E-state index in [1.165, 1.54) is 0 Å². The summed E-state index contributed by atoms with van der Waals surface area (Å²) >= 11 is 9.63. The van der Waals surface area contributed by atoms with E-state index < -0.39 is 5.38 Å². The van der Waals surface area contributed by atoms with Gasteiger partial charge in [0.25, 0.3) is 0 Å². The van der Waals surface area contributed by atoms with E-state index in [1.807, 2.05) is 19.1 Å². The number of aryl methyl sites for hydroxylation is 1. The first-order valence-corrected chi connectivity index (χ1v) is 7.35. The summed E-state index contributed by atoms with van der Waals surface area (Å²) in [6.07, 6.45) is 0. The molecular formula is C14H11BrClNO3. The van der Waals surface area contributed by atoms with Crippen LogP contribution in [-0.4, -0.2) is 4.57 Å². The Hall–Kier alpha value is -1.46. The second-order valence-corrected chi connectivity index (χ2v) is 5.56. The van der Waals surface area contributed by atoms with E-state index in [2.05, 4.69) is 15.9 Å². The molecular weight excluding hydrogens is 346 g/mol. The van der Waals surface area contributed by atoms with Crippen molar-refractivity contribution in [1.82, 2.24) is 4.57 Å². The van der Waals surface area contributed by atoms with Gasteiger partial charge in [0.2, 0.25) is 0 Å². The first-order valence-electron chi connectivity index (χ1n) is 6.12. The summed E-state index contributed by atoms with van der Waals surface area (Å²) in [4.78, 5) is 11.7. The van der Waals surface area contributed by atoms with Crippen LogP contribution in [0.15, 0.2) is 48.6 Å². The minimum absolute atomic E-state index is 0.355. The van der Waals surface area contributed by atoms with Crippen LogP contribution in [0.2, 0.25) is 0 Å². The highest BCUT2D eigenvalue weighted by Crippen LogP contribution is 2.32.